The van der Waals surface area contributed by atoms with Crippen LogP contribution < -0.4 is 4.74 Å². The van der Waals surface area contributed by atoms with Crippen LogP contribution in [0, 0.1) is 5.82 Å². The number of carbonyl (C=O) groups is 1. The summed E-state index contributed by atoms with van der Waals surface area (Å²) in [4.78, 5) is 15.1. The topological polar surface area (TPSA) is 77.2 Å². The number of carboxylic acids is 1. The molecule has 0 amide bonds. The van der Waals surface area contributed by atoms with Gasteiger partial charge in [0.15, 0.2) is 5.82 Å². The summed E-state index contributed by atoms with van der Waals surface area (Å²) in [6.45, 7) is 3.88. The SMILES string of the molecule is CC(C)n1ncnc1COc1cc(F)ccc1C(=O)O. The highest BCUT2D eigenvalue weighted by atomic mass is 19.1. The van der Waals surface area contributed by atoms with Gasteiger partial charge in [0, 0.05) is 12.1 Å². The van der Waals surface area contributed by atoms with Gasteiger partial charge in [-0.05, 0) is 26.0 Å². The Kier molecular flexibility index (Phi) is 3.97. The lowest BCUT2D eigenvalue weighted by Crippen LogP contribution is -2.12. The van der Waals surface area contributed by atoms with E-state index in [0.29, 0.717) is 5.82 Å². The van der Waals surface area contributed by atoms with Crippen LogP contribution in [0.5, 0.6) is 5.75 Å². The third-order valence-electron chi connectivity index (χ3n) is 2.67. The van der Waals surface area contributed by atoms with Crippen LogP contribution in [0.4, 0.5) is 4.39 Å². The third-order valence-corrected chi connectivity index (χ3v) is 2.67. The Hall–Kier alpha value is -2.44. The van der Waals surface area contributed by atoms with E-state index in [0.717, 1.165) is 12.1 Å². The van der Waals surface area contributed by atoms with E-state index in [1.54, 1.807) is 4.68 Å². The van der Waals surface area contributed by atoms with E-state index in [9.17, 15) is 9.18 Å². The molecule has 1 heterocycles. The molecule has 0 unspecified atom stereocenters. The quantitative estimate of drug-likeness (QED) is 0.908. The first-order valence-corrected chi connectivity index (χ1v) is 6.03. The fourth-order valence-corrected chi connectivity index (χ4v) is 1.74. The van der Waals surface area contributed by atoms with Crippen molar-refractivity contribution in [1.82, 2.24) is 14.8 Å². The van der Waals surface area contributed by atoms with Crippen molar-refractivity contribution in [3.05, 3.63) is 41.7 Å². The first kappa shape index (κ1) is 14.0. The number of hydrogen-bond donors (Lipinski definition) is 1. The summed E-state index contributed by atoms with van der Waals surface area (Å²) in [5.74, 6) is -1.22. The summed E-state index contributed by atoms with van der Waals surface area (Å²) in [6.07, 6.45) is 1.39. The van der Waals surface area contributed by atoms with Gasteiger partial charge in [-0.15, -0.1) is 0 Å². The van der Waals surface area contributed by atoms with Gasteiger partial charge in [0.2, 0.25) is 0 Å². The number of hydrogen-bond acceptors (Lipinski definition) is 4. The molecule has 0 saturated carbocycles. The molecular weight excluding hydrogens is 265 g/mol. The number of halogens is 1. The maximum absolute atomic E-state index is 13.2. The van der Waals surface area contributed by atoms with Gasteiger partial charge >= 0.3 is 5.97 Å². The summed E-state index contributed by atoms with van der Waals surface area (Å²) < 4.78 is 20.2. The largest absolute Gasteiger partial charge is 0.485 e. The molecule has 7 heteroatoms. The predicted molar refractivity (Wildman–Crippen MR) is 68.1 cm³/mol. The van der Waals surface area contributed by atoms with Crippen LogP contribution in [0.15, 0.2) is 24.5 Å². The summed E-state index contributed by atoms with van der Waals surface area (Å²) >= 11 is 0. The Bertz CT molecular complexity index is 625. The second-order valence-electron chi connectivity index (χ2n) is 4.45. The van der Waals surface area contributed by atoms with Crippen molar-refractivity contribution < 1.29 is 19.0 Å². The fraction of sp³-hybridized carbons (Fsp3) is 0.308. The summed E-state index contributed by atoms with van der Waals surface area (Å²) in [5.41, 5.74) is -0.0954. The number of benzene rings is 1. The second kappa shape index (κ2) is 5.68. The number of rotatable bonds is 5. The molecule has 0 aliphatic heterocycles. The summed E-state index contributed by atoms with van der Waals surface area (Å²) in [6, 6.07) is 3.38. The average molecular weight is 279 g/mol. The minimum absolute atomic E-state index is 0.0158. The average Bonchev–Trinajstić information content (AvgIpc) is 2.84. The highest BCUT2D eigenvalue weighted by Crippen LogP contribution is 2.21. The molecule has 0 bridgehead atoms. The molecule has 0 atom stereocenters. The van der Waals surface area contributed by atoms with Crippen molar-refractivity contribution in [3.63, 3.8) is 0 Å². The molecule has 0 saturated heterocycles. The first-order valence-electron chi connectivity index (χ1n) is 6.03. The van der Waals surface area contributed by atoms with Gasteiger partial charge in [0.1, 0.15) is 30.1 Å². The highest BCUT2D eigenvalue weighted by molar-refractivity contribution is 5.90. The van der Waals surface area contributed by atoms with Crippen LogP contribution in [0.2, 0.25) is 0 Å². The van der Waals surface area contributed by atoms with Crippen molar-refractivity contribution in [1.29, 1.82) is 0 Å². The van der Waals surface area contributed by atoms with E-state index in [-0.39, 0.29) is 24.0 Å². The van der Waals surface area contributed by atoms with Crippen LogP contribution >= 0.6 is 0 Å². The number of nitrogens with zero attached hydrogens (tertiary/aromatic N) is 3. The summed E-state index contributed by atoms with van der Waals surface area (Å²) in [5, 5.41) is 13.1. The molecule has 0 aliphatic rings. The molecule has 0 spiro atoms. The van der Waals surface area contributed by atoms with Gasteiger partial charge in [-0.25, -0.2) is 18.9 Å². The lowest BCUT2D eigenvalue weighted by atomic mass is 10.2. The van der Waals surface area contributed by atoms with E-state index in [4.69, 9.17) is 9.84 Å². The lowest BCUT2D eigenvalue weighted by molar-refractivity contribution is 0.0691. The Labute approximate surface area is 114 Å². The van der Waals surface area contributed by atoms with Crippen molar-refractivity contribution >= 4 is 5.97 Å². The molecule has 0 radical (unpaired) electrons. The van der Waals surface area contributed by atoms with Gasteiger partial charge in [0.25, 0.3) is 0 Å². The number of aromatic nitrogens is 3. The zero-order valence-corrected chi connectivity index (χ0v) is 11.1. The fourth-order valence-electron chi connectivity index (χ4n) is 1.74. The van der Waals surface area contributed by atoms with Crippen molar-refractivity contribution in [3.8, 4) is 5.75 Å². The Morgan fingerprint density at radius 1 is 1.50 bits per heavy atom. The molecule has 20 heavy (non-hydrogen) atoms. The molecule has 106 valence electrons. The van der Waals surface area contributed by atoms with Crippen LogP contribution in [-0.2, 0) is 6.61 Å². The maximum atomic E-state index is 13.2. The predicted octanol–water partition coefficient (Wildman–Crippen LogP) is 2.28. The molecule has 2 rings (SSSR count). The van der Waals surface area contributed by atoms with Crippen LogP contribution in [0.25, 0.3) is 0 Å². The number of carboxylic acid groups (broad SMARTS) is 1. The van der Waals surface area contributed by atoms with Crippen molar-refractivity contribution in [2.45, 2.75) is 26.5 Å². The van der Waals surface area contributed by atoms with Crippen LogP contribution in [-0.4, -0.2) is 25.8 Å². The highest BCUT2D eigenvalue weighted by Gasteiger charge is 2.14. The second-order valence-corrected chi connectivity index (χ2v) is 4.45. The molecule has 1 aromatic heterocycles. The monoisotopic (exact) mass is 279 g/mol. The van der Waals surface area contributed by atoms with E-state index in [1.165, 1.54) is 12.4 Å². The van der Waals surface area contributed by atoms with Crippen LogP contribution in [0.3, 0.4) is 0 Å². The third kappa shape index (κ3) is 2.93. The molecule has 1 aromatic carbocycles. The van der Waals surface area contributed by atoms with Crippen LogP contribution in [0.1, 0.15) is 36.1 Å². The summed E-state index contributed by atoms with van der Waals surface area (Å²) in [7, 11) is 0. The number of aromatic carboxylic acids is 1. The van der Waals surface area contributed by atoms with E-state index in [1.807, 2.05) is 13.8 Å². The van der Waals surface area contributed by atoms with Gasteiger partial charge in [0.05, 0.1) is 0 Å². The smallest absolute Gasteiger partial charge is 0.339 e. The van der Waals surface area contributed by atoms with E-state index < -0.39 is 11.8 Å². The van der Waals surface area contributed by atoms with E-state index >= 15 is 0 Å². The Morgan fingerprint density at radius 2 is 2.25 bits per heavy atom. The van der Waals surface area contributed by atoms with Gasteiger partial charge in [-0.3, -0.25) is 0 Å². The van der Waals surface area contributed by atoms with Gasteiger partial charge in [-0.1, -0.05) is 0 Å². The molecule has 1 N–H and O–H groups in total. The Balaban J connectivity index is 2.20. The van der Waals surface area contributed by atoms with Gasteiger partial charge < -0.3 is 9.84 Å². The van der Waals surface area contributed by atoms with Crippen molar-refractivity contribution in [2.24, 2.45) is 0 Å². The van der Waals surface area contributed by atoms with E-state index in [2.05, 4.69) is 10.1 Å². The van der Waals surface area contributed by atoms with Crippen molar-refractivity contribution in [2.75, 3.05) is 0 Å². The molecule has 6 nitrogen and oxygen atoms in total. The molecular formula is C13H14FN3O3. The normalized spacial score (nSPS) is 10.8. The minimum atomic E-state index is -1.18. The molecule has 2 aromatic rings. The maximum Gasteiger partial charge on any atom is 0.339 e. The lowest BCUT2D eigenvalue weighted by Gasteiger charge is -2.11. The molecule has 0 aliphatic carbocycles. The number of ether oxygens (including phenoxy) is 1. The molecule has 0 fully saturated rings. The Morgan fingerprint density at radius 3 is 2.90 bits per heavy atom. The zero-order chi connectivity index (χ0) is 14.7. The first-order chi connectivity index (χ1) is 9.49. The zero-order valence-electron chi connectivity index (χ0n) is 11.1. The standard InChI is InChI=1S/C13H14FN3O3/c1-8(2)17-12(15-7-16-17)6-20-11-5-9(14)3-4-10(11)13(18)19/h3-5,7-8H,6H2,1-2H3,(H,18,19). The van der Waals surface area contributed by atoms with Gasteiger partial charge in [-0.2, -0.15) is 5.10 Å². The minimum Gasteiger partial charge on any atom is -0.485 e.